The monoisotopic (exact) mass is 233 g/mol. The van der Waals surface area contributed by atoms with Gasteiger partial charge in [-0.25, -0.2) is 0 Å². The highest BCUT2D eigenvalue weighted by Gasteiger charge is 2.17. The van der Waals surface area contributed by atoms with Crippen LogP contribution in [-0.4, -0.2) is 23.5 Å². The summed E-state index contributed by atoms with van der Waals surface area (Å²) in [7, 11) is 2.20. The van der Waals surface area contributed by atoms with Gasteiger partial charge in [0.25, 0.3) is 0 Å². The molecule has 1 aliphatic carbocycles. The lowest BCUT2D eigenvalue weighted by molar-refractivity contribution is 0.270. The first-order chi connectivity index (χ1) is 8.29. The van der Waals surface area contributed by atoms with Gasteiger partial charge >= 0.3 is 0 Å². The van der Waals surface area contributed by atoms with E-state index in [1.807, 2.05) is 12.3 Å². The highest BCUT2D eigenvalue weighted by atomic mass is 15.1. The van der Waals surface area contributed by atoms with E-state index in [0.29, 0.717) is 6.54 Å². The van der Waals surface area contributed by atoms with Gasteiger partial charge in [-0.1, -0.05) is 18.9 Å². The van der Waals surface area contributed by atoms with Crippen molar-refractivity contribution in [2.24, 2.45) is 11.7 Å². The molecule has 0 atom stereocenters. The van der Waals surface area contributed by atoms with E-state index in [1.54, 1.807) is 0 Å². The highest BCUT2D eigenvalue weighted by Crippen LogP contribution is 2.25. The molecule has 2 N–H and O–H groups in total. The predicted molar refractivity (Wildman–Crippen MR) is 70.4 cm³/mol. The van der Waals surface area contributed by atoms with Crippen LogP contribution in [-0.2, 0) is 13.1 Å². The molecule has 94 valence electrons. The first-order valence-corrected chi connectivity index (χ1v) is 6.61. The molecular formula is C14H23N3. The third-order valence-corrected chi connectivity index (χ3v) is 3.66. The molecule has 1 aromatic rings. The minimum absolute atomic E-state index is 0.535. The minimum Gasteiger partial charge on any atom is -0.325 e. The number of pyridine rings is 1. The van der Waals surface area contributed by atoms with Crippen LogP contribution in [0.25, 0.3) is 0 Å². The van der Waals surface area contributed by atoms with Crippen molar-refractivity contribution in [2.75, 3.05) is 13.6 Å². The van der Waals surface area contributed by atoms with Crippen molar-refractivity contribution in [2.45, 2.75) is 38.8 Å². The molecule has 1 saturated carbocycles. The summed E-state index contributed by atoms with van der Waals surface area (Å²) in [6.45, 7) is 2.71. The molecule has 0 saturated heterocycles. The Labute approximate surface area is 104 Å². The van der Waals surface area contributed by atoms with E-state index in [1.165, 1.54) is 37.8 Å². The van der Waals surface area contributed by atoms with Gasteiger partial charge in [0.05, 0.1) is 5.69 Å². The summed E-state index contributed by atoms with van der Waals surface area (Å²) in [6.07, 6.45) is 7.46. The maximum Gasteiger partial charge on any atom is 0.0584 e. The molecule has 1 heterocycles. The lowest BCUT2D eigenvalue weighted by Crippen LogP contribution is -2.25. The van der Waals surface area contributed by atoms with Gasteiger partial charge in [-0.2, -0.15) is 0 Å². The Morgan fingerprint density at radius 2 is 2.18 bits per heavy atom. The van der Waals surface area contributed by atoms with Crippen molar-refractivity contribution in [3.8, 4) is 0 Å². The van der Waals surface area contributed by atoms with Gasteiger partial charge in [0, 0.05) is 25.8 Å². The van der Waals surface area contributed by atoms with Crippen LogP contribution in [0.1, 0.15) is 36.9 Å². The number of nitrogens with two attached hydrogens (primary N) is 1. The first kappa shape index (κ1) is 12.5. The zero-order valence-electron chi connectivity index (χ0n) is 10.7. The van der Waals surface area contributed by atoms with Crippen molar-refractivity contribution in [3.05, 3.63) is 29.6 Å². The zero-order valence-corrected chi connectivity index (χ0v) is 10.7. The van der Waals surface area contributed by atoms with Gasteiger partial charge in [-0.15, -0.1) is 0 Å². The fourth-order valence-electron chi connectivity index (χ4n) is 2.79. The molecule has 0 aromatic carbocycles. The topological polar surface area (TPSA) is 42.2 Å². The van der Waals surface area contributed by atoms with Crippen molar-refractivity contribution < 1.29 is 0 Å². The summed E-state index contributed by atoms with van der Waals surface area (Å²) in [6, 6.07) is 4.14. The summed E-state index contributed by atoms with van der Waals surface area (Å²) >= 11 is 0. The van der Waals surface area contributed by atoms with Gasteiger partial charge < -0.3 is 10.6 Å². The molecule has 3 nitrogen and oxygen atoms in total. The van der Waals surface area contributed by atoms with Crippen molar-refractivity contribution in [3.63, 3.8) is 0 Å². The zero-order chi connectivity index (χ0) is 12.1. The molecule has 17 heavy (non-hydrogen) atoms. The van der Waals surface area contributed by atoms with Crippen LogP contribution in [0.4, 0.5) is 0 Å². The second-order valence-corrected chi connectivity index (χ2v) is 5.16. The van der Waals surface area contributed by atoms with Crippen molar-refractivity contribution >= 4 is 0 Å². The predicted octanol–water partition coefficient (Wildman–Crippen LogP) is 2.16. The number of hydrogen-bond acceptors (Lipinski definition) is 3. The summed E-state index contributed by atoms with van der Waals surface area (Å²) in [4.78, 5) is 6.74. The van der Waals surface area contributed by atoms with E-state index in [0.717, 1.165) is 18.2 Å². The quantitative estimate of drug-likeness (QED) is 0.847. The maximum atomic E-state index is 5.71. The normalized spacial score (nSPS) is 16.9. The maximum absolute atomic E-state index is 5.71. The van der Waals surface area contributed by atoms with Crippen LogP contribution in [0, 0.1) is 5.92 Å². The SMILES string of the molecule is CN(Cc1cccnc1CN)CC1CCCC1. The summed E-state index contributed by atoms with van der Waals surface area (Å²) in [5.41, 5.74) is 8.02. The molecule has 2 rings (SSSR count). The number of aromatic nitrogens is 1. The third kappa shape index (κ3) is 3.51. The smallest absolute Gasteiger partial charge is 0.0584 e. The van der Waals surface area contributed by atoms with E-state index in [-0.39, 0.29) is 0 Å². The molecule has 0 aliphatic heterocycles. The highest BCUT2D eigenvalue weighted by molar-refractivity contribution is 5.19. The summed E-state index contributed by atoms with van der Waals surface area (Å²) < 4.78 is 0. The van der Waals surface area contributed by atoms with Crippen LogP contribution < -0.4 is 5.73 Å². The Morgan fingerprint density at radius 3 is 2.88 bits per heavy atom. The summed E-state index contributed by atoms with van der Waals surface area (Å²) in [5, 5.41) is 0. The molecule has 3 heteroatoms. The van der Waals surface area contributed by atoms with Gasteiger partial charge in [-0.3, -0.25) is 4.98 Å². The Kier molecular flexibility index (Phi) is 4.51. The van der Waals surface area contributed by atoms with Crippen molar-refractivity contribution in [1.82, 2.24) is 9.88 Å². The van der Waals surface area contributed by atoms with E-state index in [9.17, 15) is 0 Å². The molecule has 0 unspecified atom stereocenters. The van der Waals surface area contributed by atoms with E-state index in [2.05, 4.69) is 23.0 Å². The molecular weight excluding hydrogens is 210 g/mol. The van der Waals surface area contributed by atoms with Gasteiger partial charge in [0.1, 0.15) is 0 Å². The Morgan fingerprint density at radius 1 is 1.41 bits per heavy atom. The second-order valence-electron chi connectivity index (χ2n) is 5.16. The Balaban J connectivity index is 1.90. The summed E-state index contributed by atoms with van der Waals surface area (Å²) in [5.74, 6) is 0.901. The lowest BCUT2D eigenvalue weighted by atomic mass is 10.1. The molecule has 1 aromatic heterocycles. The lowest BCUT2D eigenvalue weighted by Gasteiger charge is -2.21. The van der Waals surface area contributed by atoms with E-state index < -0.39 is 0 Å². The molecule has 1 fully saturated rings. The van der Waals surface area contributed by atoms with E-state index >= 15 is 0 Å². The van der Waals surface area contributed by atoms with E-state index in [4.69, 9.17) is 5.73 Å². The standard InChI is InChI=1S/C14H23N3/c1-17(10-12-5-2-3-6-12)11-13-7-4-8-16-14(13)9-15/h4,7-8,12H,2-3,5-6,9-11,15H2,1H3. The average Bonchev–Trinajstić information content (AvgIpc) is 2.82. The molecule has 0 bridgehead atoms. The number of hydrogen-bond donors (Lipinski definition) is 1. The first-order valence-electron chi connectivity index (χ1n) is 6.61. The fraction of sp³-hybridized carbons (Fsp3) is 0.643. The average molecular weight is 233 g/mol. The Bertz CT molecular complexity index is 345. The van der Waals surface area contributed by atoms with Crippen LogP contribution in [0.15, 0.2) is 18.3 Å². The van der Waals surface area contributed by atoms with Crippen molar-refractivity contribution in [1.29, 1.82) is 0 Å². The fourth-order valence-corrected chi connectivity index (χ4v) is 2.79. The molecule has 0 radical (unpaired) electrons. The third-order valence-electron chi connectivity index (χ3n) is 3.66. The van der Waals surface area contributed by atoms with Crippen LogP contribution >= 0.6 is 0 Å². The Hall–Kier alpha value is -0.930. The van der Waals surface area contributed by atoms with Crippen LogP contribution in [0.5, 0.6) is 0 Å². The second kappa shape index (κ2) is 6.12. The van der Waals surface area contributed by atoms with Gasteiger partial charge in [0.2, 0.25) is 0 Å². The number of nitrogens with zero attached hydrogens (tertiary/aromatic N) is 2. The largest absolute Gasteiger partial charge is 0.325 e. The molecule has 1 aliphatic rings. The van der Waals surface area contributed by atoms with Crippen LogP contribution in [0.2, 0.25) is 0 Å². The molecule has 0 spiro atoms. The van der Waals surface area contributed by atoms with Crippen LogP contribution in [0.3, 0.4) is 0 Å². The number of rotatable bonds is 5. The minimum atomic E-state index is 0.535. The molecule has 0 amide bonds. The van der Waals surface area contributed by atoms with Gasteiger partial charge in [0.15, 0.2) is 0 Å². The van der Waals surface area contributed by atoms with Gasteiger partial charge in [-0.05, 0) is 37.4 Å².